The first-order chi connectivity index (χ1) is 9.27. The number of rotatable bonds is 4. The molecule has 0 saturated carbocycles. The second kappa shape index (κ2) is 5.83. The van der Waals surface area contributed by atoms with E-state index in [1.807, 2.05) is 20.9 Å². The summed E-state index contributed by atoms with van der Waals surface area (Å²) in [5.74, 6) is 1.59. The fourth-order valence-electron chi connectivity index (χ4n) is 2.56. The van der Waals surface area contributed by atoms with Gasteiger partial charge < -0.3 is 4.42 Å². The molecule has 7 heteroatoms. The van der Waals surface area contributed by atoms with Gasteiger partial charge in [0.1, 0.15) is 5.76 Å². The van der Waals surface area contributed by atoms with E-state index in [1.54, 1.807) is 4.31 Å². The maximum atomic E-state index is 11.5. The Hall–Kier alpha value is -0.920. The van der Waals surface area contributed by atoms with E-state index in [1.165, 1.54) is 6.26 Å². The number of oxazole rings is 1. The zero-order valence-corrected chi connectivity index (χ0v) is 13.4. The van der Waals surface area contributed by atoms with Crippen molar-refractivity contribution in [2.75, 3.05) is 26.4 Å². The van der Waals surface area contributed by atoms with Gasteiger partial charge in [-0.25, -0.2) is 17.7 Å². The molecule has 1 aliphatic heterocycles. The van der Waals surface area contributed by atoms with Gasteiger partial charge in [-0.05, 0) is 33.7 Å². The fourth-order valence-corrected chi connectivity index (χ4v) is 3.44. The predicted octanol–water partition coefficient (Wildman–Crippen LogP) is 1.15. The molecule has 1 fully saturated rings. The summed E-state index contributed by atoms with van der Waals surface area (Å²) in [6.45, 7) is 5.70. The van der Waals surface area contributed by atoms with Crippen LogP contribution in [0.2, 0.25) is 0 Å². The normalized spacial score (nSPS) is 18.9. The van der Waals surface area contributed by atoms with Gasteiger partial charge in [0.05, 0.1) is 18.5 Å². The molecule has 1 aliphatic rings. The molecule has 0 bridgehead atoms. The molecule has 0 aromatic carbocycles. The Kier molecular flexibility index (Phi) is 4.51. The lowest BCUT2D eigenvalue weighted by atomic mass is 10.1. The van der Waals surface area contributed by atoms with Gasteiger partial charge in [-0.3, -0.25) is 4.90 Å². The van der Waals surface area contributed by atoms with E-state index in [9.17, 15) is 8.42 Å². The summed E-state index contributed by atoms with van der Waals surface area (Å²) >= 11 is 0. The van der Waals surface area contributed by atoms with Crippen molar-refractivity contribution >= 4 is 10.0 Å². The van der Waals surface area contributed by atoms with Crippen LogP contribution in [0.25, 0.3) is 0 Å². The van der Waals surface area contributed by atoms with Crippen LogP contribution >= 0.6 is 0 Å². The van der Waals surface area contributed by atoms with Crippen molar-refractivity contribution in [3.63, 3.8) is 0 Å². The molecule has 0 atom stereocenters. The van der Waals surface area contributed by atoms with Crippen LogP contribution in [-0.4, -0.2) is 55.0 Å². The number of aromatic nitrogens is 1. The quantitative estimate of drug-likeness (QED) is 0.834. The van der Waals surface area contributed by atoms with Crippen LogP contribution in [0.1, 0.15) is 30.2 Å². The van der Waals surface area contributed by atoms with Crippen LogP contribution < -0.4 is 0 Å². The minimum Gasteiger partial charge on any atom is -0.444 e. The highest BCUT2D eigenvalue weighted by molar-refractivity contribution is 7.88. The molecule has 0 unspecified atom stereocenters. The fraction of sp³-hybridized carbons (Fsp3) is 0.769. The second-order valence-electron chi connectivity index (χ2n) is 5.56. The van der Waals surface area contributed by atoms with Gasteiger partial charge in [-0.1, -0.05) is 0 Å². The smallest absolute Gasteiger partial charge is 0.211 e. The molecular weight excluding hydrogens is 278 g/mol. The highest BCUT2D eigenvalue weighted by Crippen LogP contribution is 2.19. The number of sulfonamides is 1. The Balaban J connectivity index is 1.90. The molecule has 2 heterocycles. The molecule has 114 valence electrons. The molecule has 0 N–H and O–H groups in total. The van der Waals surface area contributed by atoms with Crippen LogP contribution in [0.4, 0.5) is 0 Å². The molecule has 0 aliphatic carbocycles. The summed E-state index contributed by atoms with van der Waals surface area (Å²) in [6.07, 6.45) is 2.97. The van der Waals surface area contributed by atoms with E-state index >= 15 is 0 Å². The van der Waals surface area contributed by atoms with Crippen molar-refractivity contribution in [3.8, 4) is 0 Å². The average molecular weight is 301 g/mol. The number of hydrogen-bond donors (Lipinski definition) is 0. The van der Waals surface area contributed by atoms with Crippen LogP contribution in [0.3, 0.4) is 0 Å². The molecule has 0 amide bonds. The summed E-state index contributed by atoms with van der Waals surface area (Å²) in [5.41, 5.74) is 0.931. The maximum Gasteiger partial charge on any atom is 0.211 e. The summed E-state index contributed by atoms with van der Waals surface area (Å²) in [5, 5.41) is 0. The van der Waals surface area contributed by atoms with Crippen LogP contribution in [0.5, 0.6) is 0 Å². The third kappa shape index (κ3) is 3.59. The Morgan fingerprint density at radius 2 is 1.95 bits per heavy atom. The Labute approximate surface area is 120 Å². The highest BCUT2D eigenvalue weighted by Gasteiger charge is 2.27. The first-order valence-corrected chi connectivity index (χ1v) is 8.70. The lowest BCUT2D eigenvalue weighted by Crippen LogP contribution is -2.44. The summed E-state index contributed by atoms with van der Waals surface area (Å²) in [6, 6.07) is 0.375. The van der Waals surface area contributed by atoms with Crippen molar-refractivity contribution in [1.82, 2.24) is 14.2 Å². The number of hydrogen-bond acceptors (Lipinski definition) is 5. The van der Waals surface area contributed by atoms with Crippen LogP contribution in [-0.2, 0) is 16.6 Å². The van der Waals surface area contributed by atoms with Crippen LogP contribution in [0, 0.1) is 13.8 Å². The first-order valence-electron chi connectivity index (χ1n) is 6.85. The third-order valence-corrected chi connectivity index (χ3v) is 5.28. The zero-order chi connectivity index (χ0) is 14.9. The second-order valence-corrected chi connectivity index (χ2v) is 7.54. The van der Waals surface area contributed by atoms with E-state index in [0.29, 0.717) is 25.7 Å². The summed E-state index contributed by atoms with van der Waals surface area (Å²) in [7, 11) is -1.01. The Morgan fingerprint density at radius 1 is 1.35 bits per heavy atom. The topological polar surface area (TPSA) is 66.7 Å². The van der Waals surface area contributed by atoms with Crippen molar-refractivity contribution in [2.24, 2.45) is 0 Å². The molecule has 1 aromatic heterocycles. The highest BCUT2D eigenvalue weighted by atomic mass is 32.2. The predicted molar refractivity (Wildman–Crippen MR) is 76.9 cm³/mol. The minimum atomic E-state index is -3.05. The summed E-state index contributed by atoms with van der Waals surface area (Å²) < 4.78 is 30.1. The molecule has 2 rings (SSSR count). The van der Waals surface area contributed by atoms with E-state index in [-0.39, 0.29) is 0 Å². The van der Waals surface area contributed by atoms with Gasteiger partial charge in [-0.2, -0.15) is 0 Å². The molecule has 20 heavy (non-hydrogen) atoms. The Bertz CT molecular complexity index is 540. The van der Waals surface area contributed by atoms with Gasteiger partial charge >= 0.3 is 0 Å². The monoisotopic (exact) mass is 301 g/mol. The largest absolute Gasteiger partial charge is 0.444 e. The molecule has 0 radical (unpaired) electrons. The van der Waals surface area contributed by atoms with Gasteiger partial charge in [0.25, 0.3) is 0 Å². The molecule has 1 aromatic rings. The van der Waals surface area contributed by atoms with E-state index in [0.717, 1.165) is 30.2 Å². The van der Waals surface area contributed by atoms with Gasteiger partial charge in [0.2, 0.25) is 15.9 Å². The molecular formula is C13H23N3O3S. The third-order valence-electron chi connectivity index (χ3n) is 3.97. The van der Waals surface area contributed by atoms with E-state index in [4.69, 9.17) is 4.42 Å². The lowest BCUT2D eigenvalue weighted by Gasteiger charge is -2.35. The minimum absolute atomic E-state index is 0.375. The number of aryl methyl sites for hydroxylation is 2. The number of piperidine rings is 1. The van der Waals surface area contributed by atoms with E-state index < -0.39 is 10.0 Å². The van der Waals surface area contributed by atoms with Crippen molar-refractivity contribution in [3.05, 3.63) is 17.3 Å². The summed E-state index contributed by atoms with van der Waals surface area (Å²) in [4.78, 5) is 6.58. The Morgan fingerprint density at radius 3 is 2.40 bits per heavy atom. The SMILES string of the molecule is Cc1nc(CN(C)C2CCN(S(C)(=O)=O)CC2)oc1C. The van der Waals surface area contributed by atoms with Crippen LogP contribution in [0.15, 0.2) is 4.42 Å². The van der Waals surface area contributed by atoms with Gasteiger partial charge in [0.15, 0.2) is 0 Å². The number of nitrogens with zero attached hydrogens (tertiary/aromatic N) is 3. The molecule has 6 nitrogen and oxygen atoms in total. The molecule has 1 saturated heterocycles. The van der Waals surface area contributed by atoms with Crippen molar-refractivity contribution in [1.29, 1.82) is 0 Å². The molecule has 0 spiro atoms. The van der Waals surface area contributed by atoms with E-state index in [2.05, 4.69) is 9.88 Å². The van der Waals surface area contributed by atoms with Gasteiger partial charge in [0, 0.05) is 19.1 Å². The van der Waals surface area contributed by atoms with Crippen molar-refractivity contribution in [2.45, 2.75) is 39.3 Å². The average Bonchev–Trinajstić information content (AvgIpc) is 2.67. The van der Waals surface area contributed by atoms with Gasteiger partial charge in [-0.15, -0.1) is 0 Å². The van der Waals surface area contributed by atoms with Crippen molar-refractivity contribution < 1.29 is 12.8 Å². The first kappa shape index (κ1) is 15.5. The standard InChI is InChI=1S/C13H23N3O3S/c1-10-11(2)19-13(14-10)9-15(3)12-5-7-16(8-6-12)20(4,17)18/h12H,5-9H2,1-4H3. The lowest BCUT2D eigenvalue weighted by molar-refractivity contribution is 0.151. The maximum absolute atomic E-state index is 11.5. The zero-order valence-electron chi connectivity index (χ0n) is 12.6.